The molecule has 1 N–H and O–H groups in total. The minimum atomic E-state index is 0.770. The first-order valence-corrected chi connectivity index (χ1v) is 7.00. The van der Waals surface area contributed by atoms with Crippen LogP contribution in [0, 0.1) is 0 Å². The van der Waals surface area contributed by atoms with Crippen LogP contribution in [0.2, 0.25) is 0 Å². The largest absolute Gasteiger partial charge is 0.456 e. The smallest absolute Gasteiger partial charge is 0.145 e. The first kappa shape index (κ1) is 13.1. The van der Waals surface area contributed by atoms with Crippen LogP contribution in [0.3, 0.4) is 0 Å². The van der Waals surface area contributed by atoms with Crippen LogP contribution < -0.4 is 10.1 Å². The molecule has 2 aromatic rings. The fourth-order valence-electron chi connectivity index (χ4n) is 2.38. The maximum atomic E-state index is 5.81. The van der Waals surface area contributed by atoms with E-state index in [0.29, 0.717) is 0 Å². The number of aromatic nitrogens is 1. The molecule has 104 valence electrons. The summed E-state index contributed by atoms with van der Waals surface area (Å²) in [5.41, 5.74) is 1.29. The molecule has 0 bridgehead atoms. The number of nitrogens with zero attached hydrogens (tertiary/aromatic N) is 2. The molecule has 4 nitrogen and oxygen atoms in total. The van der Waals surface area contributed by atoms with Crippen LogP contribution in [0.25, 0.3) is 0 Å². The Bertz CT molecular complexity index is 538. The molecule has 20 heavy (non-hydrogen) atoms. The van der Waals surface area contributed by atoms with Gasteiger partial charge in [-0.25, -0.2) is 0 Å². The highest BCUT2D eigenvalue weighted by Crippen LogP contribution is 2.21. The van der Waals surface area contributed by atoms with Crippen molar-refractivity contribution in [2.45, 2.75) is 6.54 Å². The van der Waals surface area contributed by atoms with Gasteiger partial charge < -0.3 is 10.1 Å². The molecule has 1 fully saturated rings. The molecule has 1 aliphatic heterocycles. The number of pyridine rings is 1. The van der Waals surface area contributed by atoms with Crippen LogP contribution in [0.4, 0.5) is 0 Å². The molecule has 0 unspecified atom stereocenters. The highest BCUT2D eigenvalue weighted by Gasteiger charge is 2.10. The molecule has 0 spiro atoms. The first-order valence-electron chi connectivity index (χ1n) is 7.00. The van der Waals surface area contributed by atoms with Gasteiger partial charge in [-0.3, -0.25) is 9.88 Å². The van der Waals surface area contributed by atoms with Crippen molar-refractivity contribution in [2.75, 3.05) is 26.2 Å². The fraction of sp³-hybridized carbons (Fsp3) is 0.312. The summed E-state index contributed by atoms with van der Waals surface area (Å²) in [7, 11) is 0. The van der Waals surface area contributed by atoms with Crippen LogP contribution in [0.1, 0.15) is 5.56 Å². The van der Waals surface area contributed by atoms with Crippen molar-refractivity contribution < 1.29 is 4.74 Å². The van der Waals surface area contributed by atoms with E-state index in [-0.39, 0.29) is 0 Å². The van der Waals surface area contributed by atoms with Crippen LogP contribution in [-0.2, 0) is 6.54 Å². The second-order valence-electron chi connectivity index (χ2n) is 4.96. The number of hydrogen-bond acceptors (Lipinski definition) is 4. The topological polar surface area (TPSA) is 37.4 Å². The number of benzene rings is 1. The fourth-order valence-corrected chi connectivity index (χ4v) is 2.38. The van der Waals surface area contributed by atoms with Gasteiger partial charge in [0.05, 0.1) is 6.20 Å². The lowest BCUT2D eigenvalue weighted by Gasteiger charge is -2.27. The summed E-state index contributed by atoms with van der Waals surface area (Å²) in [6, 6.07) is 12.1. The van der Waals surface area contributed by atoms with Gasteiger partial charge in [0.2, 0.25) is 0 Å². The summed E-state index contributed by atoms with van der Waals surface area (Å²) in [6.07, 6.45) is 3.47. The van der Waals surface area contributed by atoms with Crippen LogP contribution in [0.5, 0.6) is 11.5 Å². The first-order chi connectivity index (χ1) is 9.90. The minimum absolute atomic E-state index is 0.770. The molecule has 0 aliphatic carbocycles. The summed E-state index contributed by atoms with van der Waals surface area (Å²) in [5, 5.41) is 3.37. The predicted octanol–water partition coefficient (Wildman–Crippen LogP) is 2.28. The SMILES string of the molecule is c1cncc(Oc2cccc(CN3CCNCC3)c2)c1. The third kappa shape index (κ3) is 3.56. The number of ether oxygens (including phenoxy) is 1. The third-order valence-corrected chi connectivity index (χ3v) is 3.38. The standard InChI is InChI=1S/C16H19N3O/c1-3-14(13-19-9-7-17-8-10-19)11-15(4-1)20-16-5-2-6-18-12-16/h1-6,11-12,17H,7-10,13H2. The number of piperazine rings is 1. The highest BCUT2D eigenvalue weighted by molar-refractivity contribution is 5.32. The predicted molar refractivity (Wildman–Crippen MR) is 78.9 cm³/mol. The summed E-state index contributed by atoms with van der Waals surface area (Å²) in [6.45, 7) is 5.34. The molecule has 3 rings (SSSR count). The van der Waals surface area contributed by atoms with Gasteiger partial charge in [-0.15, -0.1) is 0 Å². The molecular weight excluding hydrogens is 250 g/mol. The molecular formula is C16H19N3O. The van der Waals surface area contributed by atoms with Crippen LogP contribution in [-0.4, -0.2) is 36.1 Å². The summed E-state index contributed by atoms with van der Waals surface area (Å²) in [5.74, 6) is 1.64. The zero-order chi connectivity index (χ0) is 13.6. The molecule has 1 aromatic heterocycles. The van der Waals surface area contributed by atoms with Gasteiger partial charge in [-0.05, 0) is 29.8 Å². The zero-order valence-electron chi connectivity index (χ0n) is 11.5. The Hall–Kier alpha value is -1.91. The molecule has 0 atom stereocenters. The van der Waals surface area contributed by atoms with Crippen molar-refractivity contribution in [3.8, 4) is 11.5 Å². The van der Waals surface area contributed by atoms with Gasteiger partial charge >= 0.3 is 0 Å². The van der Waals surface area contributed by atoms with E-state index in [1.807, 2.05) is 24.3 Å². The molecule has 4 heteroatoms. The van der Waals surface area contributed by atoms with Crippen LogP contribution in [0.15, 0.2) is 48.8 Å². The van der Waals surface area contributed by atoms with Gasteiger partial charge in [0, 0.05) is 38.9 Å². The Balaban J connectivity index is 1.66. The van der Waals surface area contributed by atoms with Crippen molar-refractivity contribution in [3.63, 3.8) is 0 Å². The van der Waals surface area contributed by atoms with Crippen molar-refractivity contribution in [3.05, 3.63) is 54.4 Å². The number of hydrogen-bond donors (Lipinski definition) is 1. The van der Waals surface area contributed by atoms with Gasteiger partial charge in [-0.1, -0.05) is 12.1 Å². The normalized spacial score (nSPS) is 16.0. The number of nitrogens with one attached hydrogen (secondary N) is 1. The summed E-state index contributed by atoms with van der Waals surface area (Å²) >= 11 is 0. The maximum absolute atomic E-state index is 5.81. The van der Waals surface area contributed by atoms with E-state index in [1.54, 1.807) is 12.4 Å². The summed E-state index contributed by atoms with van der Waals surface area (Å²) in [4.78, 5) is 6.51. The van der Waals surface area contributed by atoms with Gasteiger partial charge in [0.15, 0.2) is 0 Å². The molecule has 1 saturated heterocycles. The molecule has 1 aliphatic rings. The maximum Gasteiger partial charge on any atom is 0.145 e. The lowest BCUT2D eigenvalue weighted by molar-refractivity contribution is 0.233. The second-order valence-corrected chi connectivity index (χ2v) is 4.96. The molecule has 0 saturated carbocycles. The summed E-state index contributed by atoms with van der Waals surface area (Å²) < 4.78 is 5.81. The molecule has 0 amide bonds. The Morgan fingerprint density at radius 2 is 1.95 bits per heavy atom. The quantitative estimate of drug-likeness (QED) is 0.924. The lowest BCUT2D eigenvalue weighted by Crippen LogP contribution is -2.42. The van der Waals surface area contributed by atoms with Crippen molar-refractivity contribution in [2.24, 2.45) is 0 Å². The van der Waals surface area contributed by atoms with E-state index >= 15 is 0 Å². The minimum Gasteiger partial charge on any atom is -0.456 e. The molecule has 1 aromatic carbocycles. The lowest BCUT2D eigenvalue weighted by atomic mass is 10.2. The Morgan fingerprint density at radius 1 is 1.10 bits per heavy atom. The van der Waals surface area contributed by atoms with Gasteiger partial charge in [0.25, 0.3) is 0 Å². The monoisotopic (exact) mass is 269 g/mol. The average molecular weight is 269 g/mol. The van der Waals surface area contributed by atoms with Crippen LogP contribution >= 0.6 is 0 Å². The second kappa shape index (κ2) is 6.50. The Labute approximate surface area is 119 Å². The van der Waals surface area contributed by atoms with E-state index in [9.17, 15) is 0 Å². The van der Waals surface area contributed by atoms with E-state index in [2.05, 4.69) is 27.3 Å². The molecule has 2 heterocycles. The molecule has 0 radical (unpaired) electrons. The van der Waals surface area contributed by atoms with Crippen molar-refractivity contribution in [1.29, 1.82) is 0 Å². The average Bonchev–Trinajstić information content (AvgIpc) is 2.50. The van der Waals surface area contributed by atoms with Crippen molar-refractivity contribution in [1.82, 2.24) is 15.2 Å². The highest BCUT2D eigenvalue weighted by atomic mass is 16.5. The van der Waals surface area contributed by atoms with Gasteiger partial charge in [-0.2, -0.15) is 0 Å². The number of rotatable bonds is 4. The Morgan fingerprint density at radius 3 is 2.75 bits per heavy atom. The van der Waals surface area contributed by atoms with Gasteiger partial charge in [0.1, 0.15) is 11.5 Å². The van der Waals surface area contributed by atoms with E-state index < -0.39 is 0 Å². The zero-order valence-corrected chi connectivity index (χ0v) is 11.5. The Kier molecular flexibility index (Phi) is 4.25. The van der Waals surface area contributed by atoms with Crippen molar-refractivity contribution >= 4 is 0 Å². The van der Waals surface area contributed by atoms with E-state index in [0.717, 1.165) is 44.2 Å². The van der Waals surface area contributed by atoms with E-state index in [4.69, 9.17) is 4.74 Å². The third-order valence-electron chi connectivity index (χ3n) is 3.38. The van der Waals surface area contributed by atoms with E-state index in [1.165, 1.54) is 5.56 Å².